The first-order valence-corrected chi connectivity index (χ1v) is 6.52. The van der Waals surface area contributed by atoms with Gasteiger partial charge in [-0.15, -0.1) is 0 Å². The second kappa shape index (κ2) is 4.63. The van der Waals surface area contributed by atoms with Crippen LogP contribution in [-0.2, 0) is 6.42 Å². The lowest BCUT2D eigenvalue weighted by molar-refractivity contribution is 0.626. The Kier molecular flexibility index (Phi) is 2.95. The molecule has 0 radical (unpaired) electrons. The second-order valence-corrected chi connectivity index (χ2v) is 5.00. The van der Waals surface area contributed by atoms with Crippen LogP contribution in [-0.4, -0.2) is 11.5 Å². The van der Waals surface area contributed by atoms with Crippen LogP contribution in [0.3, 0.4) is 0 Å². The van der Waals surface area contributed by atoms with Crippen molar-refractivity contribution in [2.45, 2.75) is 6.42 Å². The third kappa shape index (κ3) is 2.08. The number of benzene rings is 2. The van der Waals surface area contributed by atoms with Gasteiger partial charge < -0.3 is 10.6 Å². The Morgan fingerprint density at radius 1 is 1.16 bits per heavy atom. The third-order valence-electron chi connectivity index (χ3n) is 3.41. The molecule has 0 bridgehead atoms. The van der Waals surface area contributed by atoms with Crippen molar-refractivity contribution in [2.75, 3.05) is 11.4 Å². The Bertz CT molecular complexity index is 654. The van der Waals surface area contributed by atoms with Gasteiger partial charge in [0.15, 0.2) is 0 Å². The van der Waals surface area contributed by atoms with Crippen LogP contribution >= 0.6 is 12.2 Å². The normalized spacial score (nSPS) is 13.4. The van der Waals surface area contributed by atoms with Gasteiger partial charge in [0, 0.05) is 17.8 Å². The third-order valence-corrected chi connectivity index (χ3v) is 3.65. The van der Waals surface area contributed by atoms with Crippen LogP contribution in [0.4, 0.5) is 15.8 Å². The molecular formula is C15H13FN2S. The number of nitrogens with two attached hydrogens (primary N) is 1. The highest BCUT2D eigenvalue weighted by Crippen LogP contribution is 2.35. The minimum Gasteiger partial charge on any atom is -0.389 e. The molecule has 96 valence electrons. The maximum atomic E-state index is 14.2. The first kappa shape index (κ1) is 12.1. The number of thiocarbonyl (C=S) groups is 1. The summed E-state index contributed by atoms with van der Waals surface area (Å²) >= 11 is 4.86. The molecule has 1 aliphatic rings. The van der Waals surface area contributed by atoms with Gasteiger partial charge in [0.05, 0.1) is 5.69 Å². The summed E-state index contributed by atoms with van der Waals surface area (Å²) in [6, 6.07) is 13.0. The zero-order chi connectivity index (χ0) is 13.4. The standard InChI is InChI=1S/C15H13FN2S/c16-12-9-11(15(17)19)5-6-14(12)18-8-7-10-3-1-2-4-13(10)18/h1-6,9H,7-8H2,(H2,17,19). The van der Waals surface area contributed by atoms with E-state index in [9.17, 15) is 4.39 Å². The van der Waals surface area contributed by atoms with Gasteiger partial charge in [0.25, 0.3) is 0 Å². The predicted molar refractivity (Wildman–Crippen MR) is 79.4 cm³/mol. The number of nitrogens with zero attached hydrogens (tertiary/aromatic N) is 1. The predicted octanol–water partition coefficient (Wildman–Crippen LogP) is 3.15. The van der Waals surface area contributed by atoms with E-state index in [2.05, 4.69) is 6.07 Å². The van der Waals surface area contributed by atoms with Gasteiger partial charge in [-0.3, -0.25) is 0 Å². The van der Waals surface area contributed by atoms with Crippen LogP contribution in [0.15, 0.2) is 42.5 Å². The smallest absolute Gasteiger partial charge is 0.147 e. The quantitative estimate of drug-likeness (QED) is 0.852. The molecule has 0 spiro atoms. The van der Waals surface area contributed by atoms with Gasteiger partial charge in [-0.1, -0.05) is 30.4 Å². The summed E-state index contributed by atoms with van der Waals surface area (Å²) in [6.45, 7) is 0.794. The number of hydrogen-bond acceptors (Lipinski definition) is 2. The lowest BCUT2D eigenvalue weighted by Crippen LogP contribution is -2.16. The molecule has 4 heteroatoms. The van der Waals surface area contributed by atoms with Crippen LogP contribution in [0.2, 0.25) is 0 Å². The first-order chi connectivity index (χ1) is 9.16. The zero-order valence-corrected chi connectivity index (χ0v) is 11.1. The van der Waals surface area contributed by atoms with Crippen molar-refractivity contribution >= 4 is 28.6 Å². The fourth-order valence-corrected chi connectivity index (χ4v) is 2.59. The zero-order valence-electron chi connectivity index (χ0n) is 10.3. The van der Waals surface area contributed by atoms with Crippen LogP contribution in [0.25, 0.3) is 0 Å². The minimum atomic E-state index is -0.290. The molecule has 0 aromatic heterocycles. The molecule has 1 aliphatic heterocycles. The highest BCUT2D eigenvalue weighted by molar-refractivity contribution is 7.80. The number of halogens is 1. The van der Waals surface area contributed by atoms with Crippen molar-refractivity contribution in [3.63, 3.8) is 0 Å². The molecule has 2 N–H and O–H groups in total. The lowest BCUT2D eigenvalue weighted by Gasteiger charge is -2.20. The number of para-hydroxylation sites is 1. The van der Waals surface area contributed by atoms with Gasteiger partial charge in [-0.2, -0.15) is 0 Å². The van der Waals surface area contributed by atoms with Crippen LogP contribution in [0, 0.1) is 5.82 Å². The molecule has 2 aromatic rings. The van der Waals surface area contributed by atoms with E-state index < -0.39 is 0 Å². The number of hydrogen-bond donors (Lipinski definition) is 1. The van der Waals surface area contributed by atoms with Gasteiger partial charge in [0.1, 0.15) is 10.8 Å². The molecule has 0 aliphatic carbocycles. The van der Waals surface area contributed by atoms with Gasteiger partial charge in [0.2, 0.25) is 0 Å². The van der Waals surface area contributed by atoms with E-state index in [0.717, 1.165) is 18.7 Å². The molecule has 2 nitrogen and oxygen atoms in total. The maximum Gasteiger partial charge on any atom is 0.147 e. The Morgan fingerprint density at radius 3 is 2.68 bits per heavy atom. The Morgan fingerprint density at radius 2 is 1.95 bits per heavy atom. The van der Waals surface area contributed by atoms with E-state index in [-0.39, 0.29) is 10.8 Å². The summed E-state index contributed by atoms with van der Waals surface area (Å²) in [5.41, 5.74) is 8.97. The van der Waals surface area contributed by atoms with Crippen molar-refractivity contribution in [3.8, 4) is 0 Å². The average molecular weight is 272 g/mol. The summed E-state index contributed by atoms with van der Waals surface area (Å²) in [5, 5.41) is 0. The molecule has 0 unspecified atom stereocenters. The van der Waals surface area contributed by atoms with Crippen molar-refractivity contribution in [3.05, 3.63) is 59.4 Å². The molecule has 2 aromatic carbocycles. The van der Waals surface area contributed by atoms with E-state index in [0.29, 0.717) is 11.3 Å². The fraction of sp³-hybridized carbons (Fsp3) is 0.133. The Labute approximate surface area is 116 Å². The highest BCUT2D eigenvalue weighted by atomic mass is 32.1. The molecule has 0 saturated carbocycles. The number of fused-ring (bicyclic) bond motifs is 1. The Balaban J connectivity index is 2.03. The van der Waals surface area contributed by atoms with Crippen molar-refractivity contribution in [2.24, 2.45) is 5.73 Å². The largest absolute Gasteiger partial charge is 0.389 e. The second-order valence-electron chi connectivity index (χ2n) is 4.56. The lowest BCUT2D eigenvalue weighted by atomic mass is 10.1. The molecule has 19 heavy (non-hydrogen) atoms. The molecule has 0 atom stereocenters. The Hall–Kier alpha value is -1.94. The SMILES string of the molecule is NC(=S)c1ccc(N2CCc3ccccc32)c(F)c1. The van der Waals surface area contributed by atoms with Gasteiger partial charge in [-0.05, 0) is 36.2 Å². The average Bonchev–Trinajstić information content (AvgIpc) is 2.82. The monoisotopic (exact) mass is 272 g/mol. The number of anilines is 2. The first-order valence-electron chi connectivity index (χ1n) is 6.11. The minimum absolute atomic E-state index is 0.215. The van der Waals surface area contributed by atoms with E-state index in [1.54, 1.807) is 12.1 Å². The van der Waals surface area contributed by atoms with E-state index in [1.807, 2.05) is 23.1 Å². The van der Waals surface area contributed by atoms with E-state index >= 15 is 0 Å². The summed E-state index contributed by atoms with van der Waals surface area (Å²) in [7, 11) is 0. The summed E-state index contributed by atoms with van der Waals surface area (Å²) in [6.07, 6.45) is 0.937. The van der Waals surface area contributed by atoms with E-state index in [1.165, 1.54) is 11.6 Å². The van der Waals surface area contributed by atoms with E-state index in [4.69, 9.17) is 18.0 Å². The summed E-state index contributed by atoms with van der Waals surface area (Å²) in [5.74, 6) is -0.290. The molecule has 3 rings (SSSR count). The van der Waals surface area contributed by atoms with Crippen LogP contribution in [0.1, 0.15) is 11.1 Å². The topological polar surface area (TPSA) is 29.3 Å². The molecule has 1 heterocycles. The summed E-state index contributed by atoms with van der Waals surface area (Å²) in [4.78, 5) is 2.21. The van der Waals surface area contributed by atoms with Gasteiger partial charge >= 0.3 is 0 Å². The number of rotatable bonds is 2. The summed E-state index contributed by atoms with van der Waals surface area (Å²) < 4.78 is 14.2. The van der Waals surface area contributed by atoms with Crippen molar-refractivity contribution in [1.82, 2.24) is 0 Å². The van der Waals surface area contributed by atoms with Crippen LogP contribution in [0.5, 0.6) is 0 Å². The maximum absolute atomic E-state index is 14.2. The van der Waals surface area contributed by atoms with Crippen molar-refractivity contribution < 1.29 is 4.39 Å². The molecule has 0 saturated heterocycles. The van der Waals surface area contributed by atoms with Crippen molar-refractivity contribution in [1.29, 1.82) is 0 Å². The van der Waals surface area contributed by atoms with Gasteiger partial charge in [-0.25, -0.2) is 4.39 Å². The molecule has 0 amide bonds. The van der Waals surface area contributed by atoms with Crippen LogP contribution < -0.4 is 10.6 Å². The highest BCUT2D eigenvalue weighted by Gasteiger charge is 2.22. The molecule has 0 fully saturated rings. The molecular weight excluding hydrogens is 259 g/mol. The fourth-order valence-electron chi connectivity index (χ4n) is 2.47.